The van der Waals surface area contributed by atoms with E-state index in [2.05, 4.69) is 0 Å². The van der Waals surface area contributed by atoms with E-state index in [0.29, 0.717) is 5.92 Å². The monoisotopic (exact) mass is 179 g/mol. The molecule has 0 spiro atoms. The molecule has 1 saturated carbocycles. The van der Waals surface area contributed by atoms with E-state index < -0.39 is 0 Å². The minimum Gasteiger partial charge on any atom is -0.472 e. The van der Waals surface area contributed by atoms with Crippen LogP contribution in [0.5, 0.6) is 0 Å². The van der Waals surface area contributed by atoms with E-state index in [1.807, 2.05) is 6.07 Å². The molecule has 1 heterocycles. The van der Waals surface area contributed by atoms with Crippen molar-refractivity contribution in [3.63, 3.8) is 0 Å². The van der Waals surface area contributed by atoms with E-state index >= 15 is 0 Å². The van der Waals surface area contributed by atoms with Gasteiger partial charge < -0.3 is 10.2 Å². The third-order valence-corrected chi connectivity index (χ3v) is 3.09. The maximum absolute atomic E-state index is 6.15. The van der Waals surface area contributed by atoms with Gasteiger partial charge in [-0.15, -0.1) is 0 Å². The van der Waals surface area contributed by atoms with E-state index in [-0.39, 0.29) is 6.04 Å². The van der Waals surface area contributed by atoms with Crippen LogP contribution in [-0.4, -0.2) is 0 Å². The van der Waals surface area contributed by atoms with Gasteiger partial charge in [-0.3, -0.25) is 0 Å². The van der Waals surface area contributed by atoms with Gasteiger partial charge in [0.25, 0.3) is 0 Å². The highest BCUT2D eigenvalue weighted by Gasteiger charge is 2.22. The first-order valence-electron chi connectivity index (χ1n) is 5.15. The lowest BCUT2D eigenvalue weighted by atomic mass is 9.82. The Morgan fingerprint density at radius 2 is 2.08 bits per heavy atom. The molecule has 0 amide bonds. The van der Waals surface area contributed by atoms with Crippen LogP contribution in [0.3, 0.4) is 0 Å². The van der Waals surface area contributed by atoms with Crippen LogP contribution in [0.15, 0.2) is 23.0 Å². The van der Waals surface area contributed by atoms with Crippen LogP contribution in [0.4, 0.5) is 0 Å². The van der Waals surface area contributed by atoms with E-state index in [4.69, 9.17) is 10.2 Å². The largest absolute Gasteiger partial charge is 0.472 e. The van der Waals surface area contributed by atoms with E-state index in [1.54, 1.807) is 12.5 Å². The zero-order valence-corrected chi connectivity index (χ0v) is 7.91. The summed E-state index contributed by atoms with van der Waals surface area (Å²) in [6, 6.07) is 2.18. The number of furan rings is 1. The van der Waals surface area contributed by atoms with E-state index in [9.17, 15) is 0 Å². The quantitative estimate of drug-likeness (QED) is 0.758. The Balaban J connectivity index is 1.99. The maximum atomic E-state index is 6.15. The molecule has 2 N–H and O–H groups in total. The van der Waals surface area contributed by atoms with Crippen LogP contribution in [0, 0.1) is 5.92 Å². The Labute approximate surface area is 79.1 Å². The van der Waals surface area contributed by atoms with Crippen molar-refractivity contribution in [1.29, 1.82) is 0 Å². The van der Waals surface area contributed by atoms with Crippen LogP contribution in [0.1, 0.15) is 43.7 Å². The number of hydrogen-bond acceptors (Lipinski definition) is 2. The van der Waals surface area contributed by atoms with Crippen molar-refractivity contribution >= 4 is 0 Å². The molecule has 2 nitrogen and oxygen atoms in total. The van der Waals surface area contributed by atoms with Gasteiger partial charge in [-0.2, -0.15) is 0 Å². The van der Waals surface area contributed by atoms with Crippen molar-refractivity contribution in [2.24, 2.45) is 11.7 Å². The van der Waals surface area contributed by atoms with Gasteiger partial charge in [0.2, 0.25) is 0 Å². The molecule has 0 saturated heterocycles. The van der Waals surface area contributed by atoms with Crippen LogP contribution in [-0.2, 0) is 0 Å². The number of hydrogen-bond donors (Lipinski definition) is 1. The molecule has 1 fully saturated rings. The summed E-state index contributed by atoms with van der Waals surface area (Å²) in [6.45, 7) is 0. The number of rotatable bonds is 2. The van der Waals surface area contributed by atoms with E-state index in [1.165, 1.54) is 32.1 Å². The molecule has 1 unspecified atom stereocenters. The van der Waals surface area contributed by atoms with Crippen molar-refractivity contribution in [3.05, 3.63) is 24.2 Å². The van der Waals surface area contributed by atoms with Crippen molar-refractivity contribution < 1.29 is 4.42 Å². The second-order valence-electron chi connectivity index (χ2n) is 3.98. The fraction of sp³-hybridized carbons (Fsp3) is 0.636. The second-order valence-corrected chi connectivity index (χ2v) is 3.98. The molecule has 1 aromatic rings. The van der Waals surface area contributed by atoms with Gasteiger partial charge >= 0.3 is 0 Å². The zero-order valence-electron chi connectivity index (χ0n) is 7.91. The topological polar surface area (TPSA) is 39.2 Å². The van der Waals surface area contributed by atoms with Gasteiger partial charge in [0.1, 0.15) is 0 Å². The average molecular weight is 179 g/mol. The van der Waals surface area contributed by atoms with Gasteiger partial charge in [-0.25, -0.2) is 0 Å². The lowest BCUT2D eigenvalue weighted by Crippen LogP contribution is -2.22. The van der Waals surface area contributed by atoms with E-state index in [0.717, 1.165) is 5.56 Å². The molecule has 2 heteroatoms. The molecule has 1 aromatic heterocycles. The van der Waals surface area contributed by atoms with Crippen LogP contribution < -0.4 is 5.73 Å². The van der Waals surface area contributed by atoms with Gasteiger partial charge in [0, 0.05) is 11.6 Å². The summed E-state index contributed by atoms with van der Waals surface area (Å²) >= 11 is 0. The summed E-state index contributed by atoms with van der Waals surface area (Å²) in [7, 11) is 0. The molecule has 1 aliphatic rings. The van der Waals surface area contributed by atoms with Gasteiger partial charge in [0.15, 0.2) is 0 Å². The molecule has 0 bridgehead atoms. The maximum Gasteiger partial charge on any atom is 0.0950 e. The molecule has 72 valence electrons. The van der Waals surface area contributed by atoms with Crippen molar-refractivity contribution in [3.8, 4) is 0 Å². The molecule has 0 radical (unpaired) electrons. The molecule has 1 atom stereocenters. The van der Waals surface area contributed by atoms with Gasteiger partial charge in [0.05, 0.1) is 12.5 Å². The Morgan fingerprint density at radius 3 is 2.69 bits per heavy atom. The molecular formula is C11H17NO. The van der Waals surface area contributed by atoms with Crippen LogP contribution in [0.25, 0.3) is 0 Å². The Kier molecular flexibility index (Phi) is 2.69. The summed E-state index contributed by atoms with van der Waals surface area (Å²) < 4.78 is 5.05. The fourth-order valence-corrected chi connectivity index (χ4v) is 2.23. The SMILES string of the molecule is NC(c1ccoc1)C1CCCCC1. The summed E-state index contributed by atoms with van der Waals surface area (Å²) in [6.07, 6.45) is 10.1. The zero-order chi connectivity index (χ0) is 9.10. The van der Waals surface area contributed by atoms with Gasteiger partial charge in [-0.05, 0) is 24.8 Å². The van der Waals surface area contributed by atoms with Crippen molar-refractivity contribution in [1.82, 2.24) is 0 Å². The van der Waals surface area contributed by atoms with Crippen molar-refractivity contribution in [2.75, 3.05) is 0 Å². The molecule has 1 aliphatic carbocycles. The van der Waals surface area contributed by atoms with Crippen molar-refractivity contribution in [2.45, 2.75) is 38.1 Å². The Hall–Kier alpha value is -0.760. The average Bonchev–Trinajstić information content (AvgIpc) is 2.71. The van der Waals surface area contributed by atoms with Gasteiger partial charge in [-0.1, -0.05) is 19.3 Å². The number of nitrogens with two attached hydrogens (primary N) is 1. The first kappa shape index (κ1) is 8.82. The summed E-state index contributed by atoms with van der Waals surface area (Å²) in [4.78, 5) is 0. The minimum atomic E-state index is 0.194. The normalized spacial score (nSPS) is 21.6. The molecule has 0 aromatic carbocycles. The molecule has 13 heavy (non-hydrogen) atoms. The minimum absolute atomic E-state index is 0.194. The Morgan fingerprint density at radius 1 is 1.31 bits per heavy atom. The highest BCUT2D eigenvalue weighted by Crippen LogP contribution is 2.32. The predicted molar refractivity (Wildman–Crippen MR) is 52.2 cm³/mol. The van der Waals surface area contributed by atoms with Crippen LogP contribution >= 0.6 is 0 Å². The lowest BCUT2D eigenvalue weighted by Gasteiger charge is -2.26. The highest BCUT2D eigenvalue weighted by atomic mass is 16.3. The summed E-state index contributed by atoms with van der Waals surface area (Å²) in [5.41, 5.74) is 7.31. The highest BCUT2D eigenvalue weighted by molar-refractivity contribution is 5.12. The molecule has 0 aliphatic heterocycles. The smallest absolute Gasteiger partial charge is 0.0950 e. The van der Waals surface area contributed by atoms with Crippen LogP contribution in [0.2, 0.25) is 0 Å². The third kappa shape index (κ3) is 1.94. The predicted octanol–water partition coefficient (Wildman–Crippen LogP) is 2.86. The standard InChI is InChI=1S/C11H17NO/c12-11(10-6-7-13-8-10)9-4-2-1-3-5-9/h6-9,11H,1-5,12H2. The Bertz CT molecular complexity index is 237. The summed E-state index contributed by atoms with van der Waals surface area (Å²) in [5.74, 6) is 0.673. The third-order valence-electron chi connectivity index (χ3n) is 3.09. The first-order valence-corrected chi connectivity index (χ1v) is 5.15. The first-order chi connectivity index (χ1) is 6.38. The molecule has 2 rings (SSSR count). The fourth-order valence-electron chi connectivity index (χ4n) is 2.23. The lowest BCUT2D eigenvalue weighted by molar-refractivity contribution is 0.307. The second kappa shape index (κ2) is 3.97. The summed E-state index contributed by atoms with van der Waals surface area (Å²) in [5, 5.41) is 0. The molecular weight excluding hydrogens is 162 g/mol.